The standard InChI is InChI=1S/C11H17NO4S/c1-7-5-10(8(2)4-9(7)16-3)17(14,15)11(13)6-12/h4-5,11,13H,6,12H2,1-3H3. The first-order chi connectivity index (χ1) is 7.84. The topological polar surface area (TPSA) is 89.6 Å². The van der Waals surface area contributed by atoms with Crippen LogP contribution >= 0.6 is 0 Å². The van der Waals surface area contributed by atoms with Crippen molar-refractivity contribution < 1.29 is 18.3 Å². The van der Waals surface area contributed by atoms with E-state index in [0.29, 0.717) is 16.9 Å². The van der Waals surface area contributed by atoms with Gasteiger partial charge in [-0.25, -0.2) is 8.42 Å². The number of aryl methyl sites for hydroxylation is 2. The number of rotatable bonds is 4. The molecule has 17 heavy (non-hydrogen) atoms. The van der Waals surface area contributed by atoms with Crippen LogP contribution in [0.1, 0.15) is 11.1 Å². The van der Waals surface area contributed by atoms with Crippen LogP contribution in [-0.2, 0) is 9.84 Å². The summed E-state index contributed by atoms with van der Waals surface area (Å²) in [6, 6.07) is 3.12. The molecule has 3 N–H and O–H groups in total. The molecule has 0 bridgehead atoms. The lowest BCUT2D eigenvalue weighted by atomic mass is 10.1. The van der Waals surface area contributed by atoms with E-state index in [1.807, 2.05) is 0 Å². The molecule has 1 atom stereocenters. The lowest BCUT2D eigenvalue weighted by Gasteiger charge is -2.14. The van der Waals surface area contributed by atoms with E-state index < -0.39 is 15.3 Å². The lowest BCUT2D eigenvalue weighted by Crippen LogP contribution is -2.29. The van der Waals surface area contributed by atoms with Crippen LogP contribution in [0.25, 0.3) is 0 Å². The van der Waals surface area contributed by atoms with Gasteiger partial charge in [-0.1, -0.05) is 0 Å². The van der Waals surface area contributed by atoms with Gasteiger partial charge in [0.1, 0.15) is 5.75 Å². The summed E-state index contributed by atoms with van der Waals surface area (Å²) < 4.78 is 29.0. The molecule has 1 aromatic carbocycles. The Labute approximate surface area is 101 Å². The molecule has 0 radical (unpaired) electrons. The molecular formula is C11H17NO4S. The van der Waals surface area contributed by atoms with E-state index in [1.54, 1.807) is 19.9 Å². The average Bonchev–Trinajstić information content (AvgIpc) is 2.30. The molecule has 0 saturated carbocycles. The van der Waals surface area contributed by atoms with Gasteiger partial charge in [-0.2, -0.15) is 0 Å². The molecule has 5 nitrogen and oxygen atoms in total. The molecule has 0 aromatic heterocycles. The van der Waals surface area contributed by atoms with Gasteiger partial charge < -0.3 is 15.6 Å². The van der Waals surface area contributed by atoms with E-state index in [-0.39, 0.29) is 11.4 Å². The predicted molar refractivity (Wildman–Crippen MR) is 64.7 cm³/mol. The largest absolute Gasteiger partial charge is 0.496 e. The van der Waals surface area contributed by atoms with Crippen LogP contribution in [0.4, 0.5) is 0 Å². The fourth-order valence-corrected chi connectivity index (χ4v) is 2.96. The van der Waals surface area contributed by atoms with Crippen molar-refractivity contribution in [3.8, 4) is 5.75 Å². The van der Waals surface area contributed by atoms with Gasteiger partial charge in [-0.15, -0.1) is 0 Å². The third-order valence-corrected chi connectivity index (χ3v) is 4.52. The maximum absolute atomic E-state index is 12.0. The second-order valence-corrected chi connectivity index (χ2v) is 5.90. The molecule has 96 valence electrons. The Morgan fingerprint density at radius 1 is 1.35 bits per heavy atom. The lowest BCUT2D eigenvalue weighted by molar-refractivity contribution is 0.256. The van der Waals surface area contributed by atoms with Crippen LogP contribution in [0, 0.1) is 13.8 Å². The SMILES string of the molecule is COc1cc(C)c(S(=O)(=O)C(O)CN)cc1C. The molecule has 1 unspecified atom stereocenters. The highest BCUT2D eigenvalue weighted by Gasteiger charge is 2.26. The summed E-state index contributed by atoms with van der Waals surface area (Å²) in [4.78, 5) is 0.0914. The van der Waals surface area contributed by atoms with Crippen molar-refractivity contribution in [1.82, 2.24) is 0 Å². The predicted octanol–water partition coefficient (Wildman–Crippen LogP) is 0.363. The number of benzene rings is 1. The van der Waals surface area contributed by atoms with Crippen molar-refractivity contribution in [3.05, 3.63) is 23.3 Å². The zero-order valence-corrected chi connectivity index (χ0v) is 10.9. The Morgan fingerprint density at radius 3 is 2.41 bits per heavy atom. The molecule has 0 fully saturated rings. The quantitative estimate of drug-likeness (QED) is 0.815. The number of aliphatic hydroxyl groups excluding tert-OH is 1. The average molecular weight is 259 g/mol. The van der Waals surface area contributed by atoms with Gasteiger partial charge in [0.15, 0.2) is 5.44 Å². The minimum absolute atomic E-state index is 0.0914. The van der Waals surface area contributed by atoms with Crippen LogP contribution < -0.4 is 10.5 Å². The number of sulfone groups is 1. The molecule has 0 amide bonds. The first kappa shape index (κ1) is 14.0. The molecule has 1 aromatic rings. The van der Waals surface area contributed by atoms with Gasteiger partial charge in [0.25, 0.3) is 0 Å². The van der Waals surface area contributed by atoms with E-state index in [1.165, 1.54) is 13.2 Å². The zero-order chi connectivity index (χ0) is 13.2. The maximum atomic E-state index is 12.0. The molecule has 0 spiro atoms. The van der Waals surface area contributed by atoms with Crippen LogP contribution in [-0.4, -0.2) is 32.6 Å². The first-order valence-electron chi connectivity index (χ1n) is 5.11. The number of methoxy groups -OCH3 is 1. The number of aliphatic hydroxyl groups is 1. The highest BCUT2D eigenvalue weighted by Crippen LogP contribution is 2.27. The summed E-state index contributed by atoms with van der Waals surface area (Å²) in [6.07, 6.45) is 0. The highest BCUT2D eigenvalue weighted by molar-refractivity contribution is 7.92. The fraction of sp³-hybridized carbons (Fsp3) is 0.455. The molecule has 0 aliphatic rings. The van der Waals surface area contributed by atoms with E-state index in [0.717, 1.165) is 0 Å². The molecule has 0 heterocycles. The van der Waals surface area contributed by atoms with Crippen molar-refractivity contribution >= 4 is 9.84 Å². The Morgan fingerprint density at radius 2 is 1.94 bits per heavy atom. The fourth-order valence-electron chi connectivity index (χ4n) is 1.56. The minimum atomic E-state index is -3.79. The van der Waals surface area contributed by atoms with Crippen LogP contribution in [0.3, 0.4) is 0 Å². The van der Waals surface area contributed by atoms with Gasteiger partial charge in [0.2, 0.25) is 9.84 Å². The number of ether oxygens (including phenoxy) is 1. The zero-order valence-electron chi connectivity index (χ0n) is 10.1. The molecule has 0 aliphatic heterocycles. The van der Waals surface area contributed by atoms with Gasteiger partial charge in [0.05, 0.1) is 12.0 Å². The van der Waals surface area contributed by atoms with E-state index >= 15 is 0 Å². The van der Waals surface area contributed by atoms with Crippen LogP contribution in [0.15, 0.2) is 17.0 Å². The van der Waals surface area contributed by atoms with Crippen molar-refractivity contribution in [2.24, 2.45) is 5.73 Å². The molecule has 0 aliphatic carbocycles. The smallest absolute Gasteiger partial charge is 0.206 e. The van der Waals surface area contributed by atoms with E-state index in [4.69, 9.17) is 10.5 Å². The molecule has 0 saturated heterocycles. The third kappa shape index (κ3) is 2.59. The summed E-state index contributed by atoms with van der Waals surface area (Å²) >= 11 is 0. The van der Waals surface area contributed by atoms with Crippen molar-refractivity contribution in [2.45, 2.75) is 24.2 Å². The van der Waals surface area contributed by atoms with Crippen molar-refractivity contribution in [1.29, 1.82) is 0 Å². The molecule has 1 rings (SSSR count). The van der Waals surface area contributed by atoms with Crippen molar-refractivity contribution in [3.63, 3.8) is 0 Å². The number of hydrogen-bond donors (Lipinski definition) is 2. The van der Waals surface area contributed by atoms with Gasteiger partial charge in [-0.3, -0.25) is 0 Å². The summed E-state index contributed by atoms with van der Waals surface area (Å²) in [7, 11) is -2.27. The first-order valence-corrected chi connectivity index (χ1v) is 6.66. The Hall–Kier alpha value is -1.11. The molecular weight excluding hydrogens is 242 g/mol. The summed E-state index contributed by atoms with van der Waals surface area (Å²) in [5.74, 6) is 0.615. The third-order valence-electron chi connectivity index (χ3n) is 2.56. The van der Waals surface area contributed by atoms with Crippen molar-refractivity contribution in [2.75, 3.05) is 13.7 Å². The maximum Gasteiger partial charge on any atom is 0.206 e. The van der Waals surface area contributed by atoms with E-state index in [9.17, 15) is 13.5 Å². The van der Waals surface area contributed by atoms with Crippen LogP contribution in [0.5, 0.6) is 5.75 Å². The Kier molecular flexibility index (Phi) is 4.13. The minimum Gasteiger partial charge on any atom is -0.496 e. The van der Waals surface area contributed by atoms with Gasteiger partial charge in [0, 0.05) is 6.54 Å². The Balaban J connectivity index is 3.39. The van der Waals surface area contributed by atoms with Gasteiger partial charge >= 0.3 is 0 Å². The van der Waals surface area contributed by atoms with E-state index in [2.05, 4.69) is 0 Å². The number of hydrogen-bond acceptors (Lipinski definition) is 5. The summed E-state index contributed by atoms with van der Waals surface area (Å²) in [5, 5.41) is 9.44. The van der Waals surface area contributed by atoms with Crippen LogP contribution in [0.2, 0.25) is 0 Å². The normalized spacial score (nSPS) is 13.5. The second kappa shape index (κ2) is 5.03. The Bertz CT molecular complexity index is 510. The van der Waals surface area contributed by atoms with Gasteiger partial charge in [-0.05, 0) is 37.1 Å². The highest BCUT2D eigenvalue weighted by atomic mass is 32.2. The monoisotopic (exact) mass is 259 g/mol. The second-order valence-electron chi connectivity index (χ2n) is 3.82. The number of nitrogens with two attached hydrogens (primary N) is 1. The summed E-state index contributed by atoms with van der Waals surface area (Å²) in [6.45, 7) is 3.07. The molecule has 6 heteroatoms. The summed E-state index contributed by atoms with van der Waals surface area (Å²) in [5.41, 5.74) is 4.83.